The number of carbonyl (C=O) groups excluding carboxylic acids is 1. The molecular formula is C42H78O10. The second-order valence-corrected chi connectivity index (χ2v) is 18.9. The fraction of sp³-hybridized carbons (Fsp3) is 0.976. The smallest absolute Gasteiger partial charge is 0.311 e. The molecule has 1 saturated carbocycles. The van der Waals surface area contributed by atoms with E-state index in [1.807, 2.05) is 41.5 Å². The summed E-state index contributed by atoms with van der Waals surface area (Å²) in [5, 5.41) is 47.1. The van der Waals surface area contributed by atoms with Crippen LogP contribution in [0.2, 0.25) is 0 Å². The zero-order valence-electron chi connectivity index (χ0n) is 35.3. The van der Waals surface area contributed by atoms with Gasteiger partial charge in [-0.15, -0.1) is 0 Å². The molecule has 0 aromatic carbocycles. The van der Waals surface area contributed by atoms with Crippen molar-refractivity contribution < 1.29 is 48.9 Å². The Hall–Kier alpha value is -0.850. The number of rotatable bonds is 7. The Balaban J connectivity index is 2.17. The lowest BCUT2D eigenvalue weighted by atomic mass is 9.73. The molecule has 0 spiro atoms. The Kier molecular flexibility index (Phi) is 15.7. The van der Waals surface area contributed by atoms with Gasteiger partial charge in [0.25, 0.3) is 0 Å². The molecule has 306 valence electrons. The average Bonchev–Trinajstić information content (AvgIpc) is 3.05. The first-order valence-electron chi connectivity index (χ1n) is 20.4. The van der Waals surface area contributed by atoms with E-state index in [0.29, 0.717) is 43.9 Å². The summed E-state index contributed by atoms with van der Waals surface area (Å²) in [6.45, 7) is 27.6. The van der Waals surface area contributed by atoms with Gasteiger partial charge in [0.05, 0.1) is 53.7 Å². The van der Waals surface area contributed by atoms with Gasteiger partial charge < -0.3 is 44.1 Å². The molecule has 3 fully saturated rings. The quantitative estimate of drug-likeness (QED) is 0.213. The van der Waals surface area contributed by atoms with E-state index in [2.05, 4.69) is 41.5 Å². The highest BCUT2D eigenvalue weighted by Crippen LogP contribution is 2.44. The molecule has 3 aliphatic rings. The number of esters is 1. The maximum absolute atomic E-state index is 14.3. The van der Waals surface area contributed by atoms with Crippen LogP contribution in [-0.4, -0.2) is 99.3 Å². The van der Waals surface area contributed by atoms with Gasteiger partial charge in [0.1, 0.15) is 11.7 Å². The minimum absolute atomic E-state index is 0.00880. The molecule has 52 heavy (non-hydrogen) atoms. The van der Waals surface area contributed by atoms with Crippen LogP contribution < -0.4 is 0 Å². The van der Waals surface area contributed by atoms with Crippen molar-refractivity contribution in [2.45, 2.75) is 201 Å². The summed E-state index contributed by atoms with van der Waals surface area (Å²) in [5.74, 6) is -1.51. The summed E-state index contributed by atoms with van der Waals surface area (Å²) >= 11 is 0. The maximum Gasteiger partial charge on any atom is 0.311 e. The van der Waals surface area contributed by atoms with Gasteiger partial charge in [0.2, 0.25) is 0 Å². The summed E-state index contributed by atoms with van der Waals surface area (Å²) in [7, 11) is 1.59. The van der Waals surface area contributed by atoms with E-state index in [4.69, 9.17) is 23.7 Å². The number of cyclic esters (lactones) is 1. The van der Waals surface area contributed by atoms with Gasteiger partial charge in [-0.2, -0.15) is 0 Å². The predicted molar refractivity (Wildman–Crippen MR) is 202 cm³/mol. The van der Waals surface area contributed by atoms with Gasteiger partial charge in [-0.25, -0.2) is 0 Å². The molecule has 3 rings (SSSR count). The highest BCUT2D eigenvalue weighted by Gasteiger charge is 2.52. The van der Waals surface area contributed by atoms with Crippen LogP contribution in [-0.2, 0) is 28.5 Å². The third-order valence-electron chi connectivity index (χ3n) is 13.7. The van der Waals surface area contributed by atoms with Gasteiger partial charge in [0.15, 0.2) is 6.29 Å². The second-order valence-electron chi connectivity index (χ2n) is 18.9. The monoisotopic (exact) mass is 743 g/mol. The van der Waals surface area contributed by atoms with E-state index in [1.54, 1.807) is 21.0 Å². The number of carbonyl (C=O) groups is 1. The molecule has 2 heterocycles. The first-order chi connectivity index (χ1) is 23.9. The molecule has 0 amide bonds. The van der Waals surface area contributed by atoms with Crippen molar-refractivity contribution in [1.82, 2.24) is 0 Å². The largest absolute Gasteiger partial charge is 0.459 e. The van der Waals surface area contributed by atoms with E-state index in [-0.39, 0.29) is 41.8 Å². The van der Waals surface area contributed by atoms with E-state index in [1.165, 1.54) is 0 Å². The fourth-order valence-corrected chi connectivity index (χ4v) is 10.2. The first-order valence-corrected chi connectivity index (χ1v) is 20.4. The van der Waals surface area contributed by atoms with Crippen molar-refractivity contribution >= 4 is 5.97 Å². The van der Waals surface area contributed by atoms with Crippen molar-refractivity contribution in [3.05, 3.63) is 0 Å². The van der Waals surface area contributed by atoms with Crippen LogP contribution in [0.5, 0.6) is 0 Å². The topological polar surface area (TPSA) is 144 Å². The summed E-state index contributed by atoms with van der Waals surface area (Å²) in [6, 6.07) is 0. The van der Waals surface area contributed by atoms with E-state index >= 15 is 0 Å². The van der Waals surface area contributed by atoms with Crippen LogP contribution in [0.1, 0.15) is 135 Å². The van der Waals surface area contributed by atoms with E-state index in [0.717, 1.165) is 6.42 Å². The van der Waals surface area contributed by atoms with Gasteiger partial charge in [0, 0.05) is 25.4 Å². The molecule has 0 aromatic rings. The lowest BCUT2D eigenvalue weighted by molar-refractivity contribution is -0.291. The summed E-state index contributed by atoms with van der Waals surface area (Å²) < 4.78 is 32.6. The molecule has 0 bridgehead atoms. The highest BCUT2D eigenvalue weighted by molar-refractivity contribution is 5.73. The lowest BCUT2D eigenvalue weighted by Gasteiger charge is -2.49. The van der Waals surface area contributed by atoms with Crippen LogP contribution in [0, 0.1) is 53.3 Å². The Morgan fingerprint density at radius 2 is 1.44 bits per heavy atom. The third kappa shape index (κ3) is 10.1. The van der Waals surface area contributed by atoms with Crippen molar-refractivity contribution in [3.63, 3.8) is 0 Å². The molecular weight excluding hydrogens is 664 g/mol. The number of ether oxygens (including phenoxy) is 5. The average molecular weight is 743 g/mol. The molecule has 0 radical (unpaired) electrons. The van der Waals surface area contributed by atoms with Crippen molar-refractivity contribution in [2.24, 2.45) is 53.3 Å². The van der Waals surface area contributed by atoms with Gasteiger partial charge in [-0.05, 0) is 102 Å². The Bertz CT molecular complexity index is 1130. The normalized spacial score (nSPS) is 50.7. The van der Waals surface area contributed by atoms with Crippen LogP contribution in [0.3, 0.4) is 0 Å². The van der Waals surface area contributed by atoms with E-state index in [9.17, 15) is 25.2 Å². The molecule has 19 unspecified atom stereocenters. The van der Waals surface area contributed by atoms with Crippen LogP contribution in [0.25, 0.3) is 0 Å². The Labute approximate surface area is 316 Å². The molecule has 10 heteroatoms. The van der Waals surface area contributed by atoms with Crippen LogP contribution in [0.15, 0.2) is 0 Å². The Morgan fingerprint density at radius 1 is 0.827 bits per heavy atom. The van der Waals surface area contributed by atoms with Crippen molar-refractivity contribution in [1.29, 1.82) is 0 Å². The molecule has 2 saturated heterocycles. The standard InChI is InChI=1S/C42H78O10/c1-16-33-42(14,47)36(44)27(8)24(5)17-23(4)20-40(12,46)37(52-39-28(9)32(22(2)3)19-26(7)49-39)29(10)34(30(11)38(45)51-33)50-31-18-25(6)35(43)41(13,21-31)48-15/h22-37,39,43-44,46-47H,16-21H2,1-15H3. The van der Waals surface area contributed by atoms with Crippen molar-refractivity contribution in [3.8, 4) is 0 Å². The number of methoxy groups -OCH3 is 1. The Morgan fingerprint density at radius 3 is 2.00 bits per heavy atom. The molecule has 0 aromatic heterocycles. The molecule has 19 atom stereocenters. The second kappa shape index (κ2) is 18.0. The summed E-state index contributed by atoms with van der Waals surface area (Å²) in [5.41, 5.74) is -3.92. The molecule has 10 nitrogen and oxygen atoms in total. The maximum atomic E-state index is 14.3. The minimum atomic E-state index is -1.70. The first kappa shape index (κ1) is 45.5. The third-order valence-corrected chi connectivity index (χ3v) is 13.7. The van der Waals surface area contributed by atoms with Gasteiger partial charge in [-0.3, -0.25) is 4.79 Å². The van der Waals surface area contributed by atoms with Gasteiger partial charge in [-0.1, -0.05) is 62.3 Å². The number of hydrogen-bond donors (Lipinski definition) is 4. The zero-order chi connectivity index (χ0) is 39.7. The SMILES string of the molecule is CCC1OC(=O)C(C)C(OC2CC(C)C(O)C(C)(OC)C2)C(C)C(OC2OC(C)CC(C(C)C)C2C)C(C)(O)CC(C)CC(C)C(C)C(O)C1(C)O. The molecule has 1 aliphatic carbocycles. The van der Waals surface area contributed by atoms with Crippen LogP contribution >= 0.6 is 0 Å². The number of aliphatic hydroxyl groups excluding tert-OH is 2. The summed E-state index contributed by atoms with van der Waals surface area (Å²) in [6.07, 6.45) is -2.09. The fourth-order valence-electron chi connectivity index (χ4n) is 10.2. The highest BCUT2D eigenvalue weighted by atomic mass is 16.7. The predicted octanol–water partition coefficient (Wildman–Crippen LogP) is 6.52. The lowest BCUT2D eigenvalue weighted by Crippen LogP contribution is -2.57. The number of aliphatic hydroxyl groups is 4. The van der Waals surface area contributed by atoms with Crippen LogP contribution in [0.4, 0.5) is 0 Å². The molecule has 4 N–H and O–H groups in total. The number of hydrogen-bond acceptors (Lipinski definition) is 10. The minimum Gasteiger partial charge on any atom is -0.459 e. The summed E-state index contributed by atoms with van der Waals surface area (Å²) in [4.78, 5) is 14.3. The van der Waals surface area contributed by atoms with Crippen molar-refractivity contribution in [2.75, 3.05) is 7.11 Å². The molecule has 2 aliphatic heterocycles. The zero-order valence-corrected chi connectivity index (χ0v) is 35.3. The van der Waals surface area contributed by atoms with Gasteiger partial charge >= 0.3 is 5.97 Å². The van der Waals surface area contributed by atoms with E-state index < -0.39 is 71.4 Å².